The molecule has 0 bridgehead atoms. The Kier molecular flexibility index (Phi) is 16.1. The minimum Gasteiger partial charge on any atom is -0.465 e. The number of methoxy groups -OCH3 is 1. The van der Waals surface area contributed by atoms with Crippen LogP contribution in [0.3, 0.4) is 0 Å². The summed E-state index contributed by atoms with van der Waals surface area (Å²) in [6.45, 7) is 12.1. The molecule has 2 aliphatic heterocycles. The number of carbonyl (C=O) groups is 3. The molecule has 2 aromatic carbocycles. The van der Waals surface area contributed by atoms with Crippen molar-refractivity contribution in [3.63, 3.8) is 0 Å². The lowest BCUT2D eigenvalue weighted by Crippen LogP contribution is -2.45. The fraction of sp³-hybridized carbons (Fsp3) is 0.643. The molecule has 54 heavy (non-hydrogen) atoms. The number of benzene rings is 2. The highest BCUT2D eigenvalue weighted by Gasteiger charge is 2.47. The lowest BCUT2D eigenvalue weighted by molar-refractivity contribution is -0.165. The quantitative estimate of drug-likeness (QED) is 0.0906. The van der Waals surface area contributed by atoms with Gasteiger partial charge in [0.25, 0.3) is 0 Å². The Balaban J connectivity index is 1.52. The predicted octanol–water partition coefficient (Wildman–Crippen LogP) is 6.72. The molecule has 11 nitrogen and oxygen atoms in total. The van der Waals surface area contributed by atoms with E-state index in [0.717, 1.165) is 6.42 Å². The monoisotopic (exact) mass is 772 g/mol. The zero-order valence-corrected chi connectivity index (χ0v) is 33.8. The first-order valence-electron chi connectivity index (χ1n) is 19.2. The summed E-state index contributed by atoms with van der Waals surface area (Å²) in [5.74, 6) is -1.80. The summed E-state index contributed by atoms with van der Waals surface area (Å²) in [6.07, 6.45) is 1.71. The number of sulfone groups is 1. The molecule has 12 heteroatoms. The summed E-state index contributed by atoms with van der Waals surface area (Å²) >= 11 is 0. The van der Waals surface area contributed by atoms with Crippen molar-refractivity contribution in [1.29, 1.82) is 0 Å². The first-order valence-corrected chi connectivity index (χ1v) is 20.9. The van der Waals surface area contributed by atoms with Gasteiger partial charge in [0.05, 0.1) is 65.9 Å². The van der Waals surface area contributed by atoms with Gasteiger partial charge in [-0.15, -0.1) is 0 Å². The molecule has 0 radical (unpaired) electrons. The Morgan fingerprint density at radius 1 is 0.870 bits per heavy atom. The van der Waals surface area contributed by atoms with Crippen LogP contribution in [0.15, 0.2) is 65.6 Å². The number of hydrogen-bond acceptors (Lipinski definition) is 11. The zero-order valence-electron chi connectivity index (χ0n) is 32.9. The van der Waals surface area contributed by atoms with E-state index < -0.39 is 39.4 Å². The van der Waals surface area contributed by atoms with Crippen molar-refractivity contribution >= 4 is 27.7 Å². The molecule has 9 atom stereocenters. The first kappa shape index (κ1) is 43.4. The molecular weight excluding hydrogens is 713 g/mol. The van der Waals surface area contributed by atoms with Gasteiger partial charge in [-0.1, -0.05) is 57.2 Å². The number of esters is 3. The SMILES string of the molecule is COCC(=O)OCC1C(C)C[C@H](CCCOC(=O)C(C)(C)C)OC1C[C@@H]1O[C@H](C[C@H](C)COC(=O)c2ccccc2)[C@H](C)C1CS(=O)(=O)c1ccccc1. The lowest BCUT2D eigenvalue weighted by atomic mass is 9.78. The summed E-state index contributed by atoms with van der Waals surface area (Å²) in [6, 6.07) is 17.3. The fourth-order valence-electron chi connectivity index (χ4n) is 7.46. The summed E-state index contributed by atoms with van der Waals surface area (Å²) in [5, 5.41) is 0. The van der Waals surface area contributed by atoms with Gasteiger partial charge in [-0.2, -0.15) is 0 Å². The Labute approximate surface area is 321 Å². The van der Waals surface area contributed by atoms with Crippen LogP contribution in [-0.2, 0) is 47.8 Å². The van der Waals surface area contributed by atoms with E-state index in [1.165, 1.54) is 7.11 Å². The minimum atomic E-state index is -3.66. The van der Waals surface area contributed by atoms with E-state index in [1.807, 2.05) is 40.7 Å². The third-order valence-corrected chi connectivity index (χ3v) is 12.5. The first-order chi connectivity index (χ1) is 25.6. The lowest BCUT2D eigenvalue weighted by Gasteiger charge is -2.42. The van der Waals surface area contributed by atoms with Gasteiger partial charge >= 0.3 is 17.9 Å². The fourth-order valence-corrected chi connectivity index (χ4v) is 9.25. The standard InChI is InChI=1S/C42H60O11S/c1-28(24-51-40(44)31-15-10-8-11-16-31)21-36-30(3)35(27-54(46,47)33-18-12-9-13-19-33)38(53-36)23-37-34(25-50-39(43)26-48-7)29(2)22-32(52-37)17-14-20-49-41(45)42(4,5)6/h8-13,15-16,18-19,28-30,32,34-38H,14,17,20-27H2,1-7H3/t28-,29?,30+,32-,34?,35?,36+,37?,38-/m0/s1. The molecule has 2 aromatic rings. The van der Waals surface area contributed by atoms with Crippen molar-refractivity contribution in [2.45, 2.75) is 103 Å². The van der Waals surface area contributed by atoms with E-state index >= 15 is 0 Å². The Hall–Kier alpha value is -3.32. The molecule has 0 amide bonds. The van der Waals surface area contributed by atoms with E-state index in [4.69, 9.17) is 28.4 Å². The normalized spacial score (nSPS) is 26.5. The smallest absolute Gasteiger partial charge is 0.338 e. The molecule has 0 saturated carbocycles. The number of hydrogen-bond donors (Lipinski definition) is 0. The van der Waals surface area contributed by atoms with Crippen LogP contribution < -0.4 is 0 Å². The van der Waals surface area contributed by atoms with Crippen LogP contribution in [0.2, 0.25) is 0 Å². The van der Waals surface area contributed by atoms with Crippen molar-refractivity contribution < 1.29 is 51.2 Å². The molecule has 0 spiro atoms. The highest BCUT2D eigenvalue weighted by Crippen LogP contribution is 2.43. The number of carbonyl (C=O) groups excluding carboxylic acids is 3. The highest BCUT2D eigenvalue weighted by molar-refractivity contribution is 7.91. The van der Waals surface area contributed by atoms with Crippen LogP contribution in [0.4, 0.5) is 0 Å². The second kappa shape index (κ2) is 20.0. The average molecular weight is 773 g/mol. The molecule has 0 N–H and O–H groups in total. The maximum atomic E-state index is 13.8. The molecule has 2 heterocycles. The summed E-state index contributed by atoms with van der Waals surface area (Å²) < 4.78 is 63.0. The largest absolute Gasteiger partial charge is 0.465 e. The molecule has 2 saturated heterocycles. The molecule has 4 rings (SSSR count). The van der Waals surface area contributed by atoms with E-state index in [1.54, 1.807) is 54.6 Å². The van der Waals surface area contributed by atoms with Crippen LogP contribution in [-0.4, -0.2) is 90.0 Å². The van der Waals surface area contributed by atoms with Crippen LogP contribution in [0.1, 0.15) is 84.0 Å². The maximum absolute atomic E-state index is 13.8. The van der Waals surface area contributed by atoms with E-state index in [0.29, 0.717) is 31.2 Å². The molecule has 0 aromatic heterocycles. The van der Waals surface area contributed by atoms with Gasteiger partial charge in [-0.3, -0.25) is 4.79 Å². The van der Waals surface area contributed by atoms with Gasteiger partial charge in [0, 0.05) is 25.4 Å². The van der Waals surface area contributed by atoms with E-state index in [2.05, 4.69) is 6.92 Å². The van der Waals surface area contributed by atoms with Crippen molar-refractivity contribution in [3.05, 3.63) is 66.2 Å². The van der Waals surface area contributed by atoms with Gasteiger partial charge in [0.2, 0.25) is 0 Å². The van der Waals surface area contributed by atoms with Crippen LogP contribution in [0, 0.1) is 35.0 Å². The predicted molar refractivity (Wildman–Crippen MR) is 203 cm³/mol. The van der Waals surface area contributed by atoms with Crippen molar-refractivity contribution in [3.8, 4) is 0 Å². The number of ether oxygens (including phenoxy) is 6. The second-order valence-corrected chi connectivity index (χ2v) is 18.2. The van der Waals surface area contributed by atoms with Crippen molar-refractivity contribution in [1.82, 2.24) is 0 Å². The van der Waals surface area contributed by atoms with Crippen molar-refractivity contribution in [2.24, 2.45) is 35.0 Å². The van der Waals surface area contributed by atoms with Gasteiger partial charge < -0.3 is 28.4 Å². The Morgan fingerprint density at radius 3 is 2.17 bits per heavy atom. The van der Waals surface area contributed by atoms with Crippen molar-refractivity contribution in [2.75, 3.05) is 39.3 Å². The molecule has 0 aliphatic carbocycles. The number of rotatable bonds is 18. The van der Waals surface area contributed by atoms with Crippen LogP contribution in [0.5, 0.6) is 0 Å². The molecule has 300 valence electrons. The third-order valence-electron chi connectivity index (χ3n) is 10.6. The molecule has 2 fully saturated rings. The van der Waals surface area contributed by atoms with Gasteiger partial charge in [-0.05, 0) is 88.5 Å². The average Bonchev–Trinajstić information content (AvgIpc) is 3.40. The second-order valence-electron chi connectivity index (χ2n) is 16.2. The zero-order chi connectivity index (χ0) is 39.5. The maximum Gasteiger partial charge on any atom is 0.338 e. The Morgan fingerprint density at radius 2 is 1.52 bits per heavy atom. The third kappa shape index (κ3) is 12.6. The Bertz CT molecular complexity index is 1590. The highest BCUT2D eigenvalue weighted by atomic mass is 32.2. The molecular formula is C42H60O11S. The molecule has 2 aliphatic rings. The van der Waals surface area contributed by atoms with E-state index in [-0.39, 0.29) is 84.8 Å². The van der Waals surface area contributed by atoms with Crippen LogP contribution >= 0.6 is 0 Å². The minimum absolute atomic E-state index is 0.0501. The topological polar surface area (TPSA) is 141 Å². The summed E-state index contributed by atoms with van der Waals surface area (Å²) in [4.78, 5) is 37.6. The molecule has 4 unspecified atom stereocenters. The summed E-state index contributed by atoms with van der Waals surface area (Å²) in [7, 11) is -2.23. The van der Waals surface area contributed by atoms with Gasteiger partial charge in [-0.25, -0.2) is 18.0 Å². The van der Waals surface area contributed by atoms with E-state index in [9.17, 15) is 22.8 Å². The van der Waals surface area contributed by atoms with Crippen LogP contribution in [0.25, 0.3) is 0 Å². The summed E-state index contributed by atoms with van der Waals surface area (Å²) in [5.41, 5.74) is -0.102. The van der Waals surface area contributed by atoms with Gasteiger partial charge in [0.1, 0.15) is 6.61 Å². The van der Waals surface area contributed by atoms with Gasteiger partial charge in [0.15, 0.2) is 9.84 Å².